The number of fused-ring (bicyclic) bond motifs is 1. The molecule has 0 aliphatic carbocycles. The Kier molecular flexibility index (Phi) is 5.08. The van der Waals surface area contributed by atoms with Crippen molar-refractivity contribution < 1.29 is 26.7 Å². The standard InChI is InChI=1S/C21H16F3N3O4S/c1-13-10-25-18-5-3-2-4-16(18)17(13)11-26-12-19(28)27(20(26)29)14-6-8-15(9-7-14)32(30,31)21(22,23)24/h2-10,12,28H,11H2,1H3. The van der Waals surface area contributed by atoms with Crippen molar-refractivity contribution in [1.29, 1.82) is 0 Å². The van der Waals surface area contributed by atoms with Crippen molar-refractivity contribution in [1.82, 2.24) is 14.1 Å². The summed E-state index contributed by atoms with van der Waals surface area (Å²) in [5, 5.41) is 11.2. The summed E-state index contributed by atoms with van der Waals surface area (Å²) in [6.45, 7) is 1.96. The number of sulfone groups is 1. The summed E-state index contributed by atoms with van der Waals surface area (Å²) in [7, 11) is -5.52. The average molecular weight is 463 g/mol. The van der Waals surface area contributed by atoms with Crippen LogP contribution in [0.25, 0.3) is 16.6 Å². The Labute approximate surface area is 179 Å². The van der Waals surface area contributed by atoms with Gasteiger partial charge in [0.15, 0.2) is 0 Å². The molecule has 4 aromatic rings. The number of halogens is 3. The number of hydrogen-bond acceptors (Lipinski definition) is 5. The van der Waals surface area contributed by atoms with Gasteiger partial charge in [-0.2, -0.15) is 13.2 Å². The minimum Gasteiger partial charge on any atom is -0.493 e. The van der Waals surface area contributed by atoms with Crippen LogP contribution in [0.4, 0.5) is 13.2 Å². The number of pyridine rings is 1. The molecule has 0 aliphatic heterocycles. The lowest BCUT2D eigenvalue weighted by Gasteiger charge is -2.10. The van der Waals surface area contributed by atoms with Gasteiger partial charge < -0.3 is 5.11 Å². The Bertz CT molecular complexity index is 1490. The van der Waals surface area contributed by atoms with Crippen molar-refractivity contribution in [3.8, 4) is 11.6 Å². The lowest BCUT2D eigenvalue weighted by atomic mass is 10.0. The first-order valence-electron chi connectivity index (χ1n) is 9.27. The van der Waals surface area contributed by atoms with Crippen molar-refractivity contribution >= 4 is 20.7 Å². The molecule has 2 aromatic heterocycles. The monoisotopic (exact) mass is 463 g/mol. The third-order valence-corrected chi connectivity index (χ3v) is 6.58. The van der Waals surface area contributed by atoms with Gasteiger partial charge in [0.05, 0.1) is 28.8 Å². The van der Waals surface area contributed by atoms with Crippen molar-refractivity contribution in [3.63, 3.8) is 0 Å². The van der Waals surface area contributed by atoms with E-state index in [0.717, 1.165) is 50.9 Å². The third kappa shape index (κ3) is 3.54. The van der Waals surface area contributed by atoms with Gasteiger partial charge in [-0.05, 0) is 48.4 Å². The van der Waals surface area contributed by atoms with Gasteiger partial charge in [0, 0.05) is 11.6 Å². The average Bonchev–Trinajstić information content (AvgIpc) is 3.02. The molecule has 11 heteroatoms. The third-order valence-electron chi connectivity index (χ3n) is 5.08. The molecule has 0 unspecified atom stereocenters. The molecule has 0 saturated carbocycles. The van der Waals surface area contributed by atoms with Crippen LogP contribution in [0, 0.1) is 6.92 Å². The Morgan fingerprint density at radius 1 is 1.06 bits per heavy atom. The van der Waals surface area contributed by atoms with Gasteiger partial charge in [0.25, 0.3) is 9.84 Å². The number of aromatic nitrogens is 3. The second-order valence-electron chi connectivity index (χ2n) is 7.11. The lowest BCUT2D eigenvalue weighted by Crippen LogP contribution is -2.24. The van der Waals surface area contributed by atoms with E-state index in [4.69, 9.17) is 0 Å². The number of imidazole rings is 1. The summed E-state index contributed by atoms with van der Waals surface area (Å²) in [6, 6.07) is 10.9. The highest BCUT2D eigenvalue weighted by Crippen LogP contribution is 2.31. The summed E-state index contributed by atoms with van der Waals surface area (Å²) in [4.78, 5) is 16.3. The number of rotatable bonds is 4. The zero-order chi connectivity index (χ0) is 23.3. The molecule has 32 heavy (non-hydrogen) atoms. The van der Waals surface area contributed by atoms with Crippen LogP contribution in [0.15, 0.2) is 70.6 Å². The fourth-order valence-electron chi connectivity index (χ4n) is 3.42. The fourth-order valence-corrected chi connectivity index (χ4v) is 4.18. The zero-order valence-electron chi connectivity index (χ0n) is 16.5. The lowest BCUT2D eigenvalue weighted by molar-refractivity contribution is -0.0436. The second kappa shape index (κ2) is 7.52. The number of hydrogen-bond donors (Lipinski definition) is 1. The first-order valence-corrected chi connectivity index (χ1v) is 10.7. The van der Waals surface area contributed by atoms with Crippen LogP contribution in [-0.4, -0.2) is 33.2 Å². The molecular formula is C21H16F3N3O4S. The number of para-hydroxylation sites is 1. The van der Waals surface area contributed by atoms with E-state index in [2.05, 4.69) is 4.98 Å². The highest BCUT2D eigenvalue weighted by Gasteiger charge is 2.46. The Morgan fingerprint density at radius 3 is 2.38 bits per heavy atom. The van der Waals surface area contributed by atoms with Crippen LogP contribution in [0.1, 0.15) is 11.1 Å². The molecule has 0 radical (unpaired) electrons. The molecule has 7 nitrogen and oxygen atoms in total. The summed E-state index contributed by atoms with van der Waals surface area (Å²) in [6.07, 6.45) is 2.89. The molecule has 0 saturated heterocycles. The van der Waals surface area contributed by atoms with Crippen molar-refractivity contribution in [2.75, 3.05) is 0 Å². The van der Waals surface area contributed by atoms with E-state index in [0.29, 0.717) is 0 Å². The molecular weight excluding hydrogens is 447 g/mol. The van der Waals surface area contributed by atoms with Crippen molar-refractivity contribution in [3.05, 3.63) is 82.5 Å². The van der Waals surface area contributed by atoms with Crippen LogP contribution in [0.2, 0.25) is 0 Å². The Morgan fingerprint density at radius 2 is 1.72 bits per heavy atom. The number of aromatic hydroxyl groups is 1. The van der Waals surface area contributed by atoms with Crippen molar-refractivity contribution in [2.24, 2.45) is 0 Å². The van der Waals surface area contributed by atoms with E-state index in [1.807, 2.05) is 31.2 Å². The SMILES string of the molecule is Cc1cnc2ccccc2c1Cn1cc(O)n(-c2ccc(S(=O)(=O)C(F)(F)F)cc2)c1=O. The highest BCUT2D eigenvalue weighted by molar-refractivity contribution is 7.92. The number of alkyl halides is 3. The number of nitrogens with zero attached hydrogens (tertiary/aromatic N) is 3. The van der Waals surface area contributed by atoms with Gasteiger partial charge in [-0.3, -0.25) is 9.55 Å². The maximum atomic E-state index is 12.9. The molecule has 0 spiro atoms. The predicted molar refractivity (Wildman–Crippen MR) is 111 cm³/mol. The second-order valence-corrected chi connectivity index (χ2v) is 9.05. The normalized spacial score (nSPS) is 12.4. The summed E-state index contributed by atoms with van der Waals surface area (Å²) in [5.74, 6) is -0.447. The molecule has 4 rings (SSSR count). The topological polar surface area (TPSA) is 94.2 Å². The molecule has 1 N–H and O–H groups in total. The van der Waals surface area contributed by atoms with E-state index >= 15 is 0 Å². The molecule has 0 aliphatic rings. The predicted octanol–water partition coefficient (Wildman–Crippen LogP) is 3.54. The minimum atomic E-state index is -5.52. The molecule has 0 amide bonds. The van der Waals surface area contributed by atoms with E-state index in [1.54, 1.807) is 6.20 Å². The summed E-state index contributed by atoms with van der Waals surface area (Å²) < 4.78 is 63.4. The van der Waals surface area contributed by atoms with Crippen LogP contribution < -0.4 is 5.69 Å². The molecule has 0 atom stereocenters. The minimum absolute atomic E-state index is 0.0173. The van der Waals surface area contributed by atoms with Gasteiger partial charge >= 0.3 is 11.2 Å². The maximum Gasteiger partial charge on any atom is 0.501 e. The van der Waals surface area contributed by atoms with E-state index in [9.17, 15) is 31.5 Å². The van der Waals surface area contributed by atoms with Crippen LogP contribution in [-0.2, 0) is 16.4 Å². The van der Waals surface area contributed by atoms with Gasteiger partial charge in [-0.25, -0.2) is 17.8 Å². The molecule has 2 aromatic carbocycles. The number of benzene rings is 2. The fraction of sp³-hybridized carbons (Fsp3) is 0.143. The largest absolute Gasteiger partial charge is 0.501 e. The van der Waals surface area contributed by atoms with Crippen molar-refractivity contribution in [2.45, 2.75) is 23.9 Å². The Balaban J connectivity index is 1.74. The molecule has 0 bridgehead atoms. The summed E-state index contributed by atoms with van der Waals surface area (Å²) in [5.41, 5.74) is -3.67. The zero-order valence-corrected chi connectivity index (χ0v) is 17.4. The molecule has 0 fully saturated rings. The smallest absolute Gasteiger partial charge is 0.493 e. The first-order chi connectivity index (χ1) is 15.0. The van der Waals surface area contributed by atoms with E-state index in [-0.39, 0.29) is 12.2 Å². The van der Waals surface area contributed by atoms with Gasteiger partial charge in [-0.15, -0.1) is 0 Å². The van der Waals surface area contributed by atoms with Crippen LogP contribution >= 0.6 is 0 Å². The first kappa shape index (κ1) is 21.6. The molecule has 166 valence electrons. The Hall–Kier alpha value is -3.60. The van der Waals surface area contributed by atoms with Crippen LogP contribution in [0.5, 0.6) is 5.88 Å². The van der Waals surface area contributed by atoms with Gasteiger partial charge in [-0.1, -0.05) is 18.2 Å². The number of aryl methyl sites for hydroxylation is 1. The van der Waals surface area contributed by atoms with Crippen LogP contribution in [0.3, 0.4) is 0 Å². The van der Waals surface area contributed by atoms with Gasteiger partial charge in [0.2, 0.25) is 5.88 Å². The van der Waals surface area contributed by atoms with E-state index < -0.39 is 31.8 Å². The molecule has 2 heterocycles. The highest BCUT2D eigenvalue weighted by atomic mass is 32.2. The maximum absolute atomic E-state index is 12.9. The summed E-state index contributed by atoms with van der Waals surface area (Å²) >= 11 is 0. The van der Waals surface area contributed by atoms with Gasteiger partial charge in [0.1, 0.15) is 0 Å². The quantitative estimate of drug-likeness (QED) is 0.500. The van der Waals surface area contributed by atoms with E-state index in [1.165, 1.54) is 10.8 Å².